The molecule has 0 fully saturated rings. The highest BCUT2D eigenvalue weighted by molar-refractivity contribution is 7.99. The molecule has 23 heavy (non-hydrogen) atoms. The van der Waals surface area contributed by atoms with Gasteiger partial charge in [-0.3, -0.25) is 4.79 Å². The van der Waals surface area contributed by atoms with Crippen LogP contribution in [0.15, 0.2) is 23.1 Å². The summed E-state index contributed by atoms with van der Waals surface area (Å²) in [7, 11) is -3.61. The fraction of sp³-hybridized carbons (Fsp3) is 0.500. The van der Waals surface area contributed by atoms with Crippen LogP contribution in [0.25, 0.3) is 0 Å². The van der Waals surface area contributed by atoms with Crippen molar-refractivity contribution in [1.82, 2.24) is 4.31 Å². The van der Waals surface area contributed by atoms with Crippen LogP contribution in [0.2, 0.25) is 5.02 Å². The first-order valence-corrected chi connectivity index (χ1v) is 10.1. The molecule has 130 valence electrons. The highest BCUT2D eigenvalue weighted by Gasteiger charge is 2.22. The second-order valence-corrected chi connectivity index (χ2v) is 8.01. The molecule has 1 aromatic rings. The summed E-state index contributed by atoms with van der Waals surface area (Å²) in [5.41, 5.74) is 0.259. The van der Waals surface area contributed by atoms with Crippen LogP contribution in [-0.2, 0) is 14.8 Å². The first-order chi connectivity index (χ1) is 10.9. The van der Waals surface area contributed by atoms with Crippen LogP contribution in [0.4, 0.5) is 5.69 Å². The van der Waals surface area contributed by atoms with Crippen LogP contribution >= 0.6 is 23.4 Å². The van der Waals surface area contributed by atoms with E-state index in [0.29, 0.717) is 18.8 Å². The van der Waals surface area contributed by atoms with Gasteiger partial charge in [-0.2, -0.15) is 4.31 Å². The largest absolute Gasteiger partial charge is 0.396 e. The number of nitrogens with one attached hydrogen (secondary N) is 1. The molecule has 0 saturated carbocycles. The molecule has 9 heteroatoms. The molecule has 2 N–H and O–H groups in total. The van der Waals surface area contributed by atoms with Crippen molar-refractivity contribution in [3.8, 4) is 0 Å². The van der Waals surface area contributed by atoms with Crippen molar-refractivity contribution in [3.05, 3.63) is 23.2 Å². The third-order valence-electron chi connectivity index (χ3n) is 3.02. The van der Waals surface area contributed by atoms with Gasteiger partial charge in [0, 0.05) is 18.8 Å². The molecule has 0 bridgehead atoms. The first kappa shape index (κ1) is 20.2. The third-order valence-corrected chi connectivity index (χ3v) is 6.34. The number of amides is 1. The van der Waals surface area contributed by atoms with Crippen LogP contribution in [-0.4, -0.2) is 54.9 Å². The van der Waals surface area contributed by atoms with Crippen LogP contribution in [0, 0.1) is 0 Å². The van der Waals surface area contributed by atoms with Crippen molar-refractivity contribution in [2.45, 2.75) is 18.7 Å². The van der Waals surface area contributed by atoms with Crippen molar-refractivity contribution in [2.75, 3.05) is 36.5 Å². The molecule has 0 aromatic heterocycles. The van der Waals surface area contributed by atoms with Gasteiger partial charge in [-0.1, -0.05) is 25.4 Å². The Hall–Kier alpha value is -0.800. The summed E-state index contributed by atoms with van der Waals surface area (Å²) in [6.45, 7) is 4.24. The zero-order valence-corrected chi connectivity index (χ0v) is 15.5. The smallest absolute Gasteiger partial charge is 0.243 e. The lowest BCUT2D eigenvalue weighted by molar-refractivity contribution is -0.113. The minimum Gasteiger partial charge on any atom is -0.396 e. The first-order valence-electron chi connectivity index (χ1n) is 7.14. The summed E-state index contributed by atoms with van der Waals surface area (Å²) in [6, 6.07) is 4.24. The van der Waals surface area contributed by atoms with E-state index in [1.165, 1.54) is 34.3 Å². The number of hydrogen-bond donors (Lipinski definition) is 2. The zero-order chi connectivity index (χ0) is 17.5. The lowest BCUT2D eigenvalue weighted by Gasteiger charge is -2.19. The Balaban J connectivity index is 2.97. The summed E-state index contributed by atoms with van der Waals surface area (Å²) in [5, 5.41) is 11.6. The van der Waals surface area contributed by atoms with E-state index < -0.39 is 10.0 Å². The number of carbonyl (C=O) groups is 1. The monoisotopic (exact) mass is 380 g/mol. The number of sulfonamides is 1. The Morgan fingerprint density at radius 3 is 2.57 bits per heavy atom. The minimum atomic E-state index is -3.61. The molecule has 0 unspecified atom stereocenters. The van der Waals surface area contributed by atoms with Crippen LogP contribution in [0.5, 0.6) is 0 Å². The zero-order valence-electron chi connectivity index (χ0n) is 13.1. The van der Waals surface area contributed by atoms with Crippen molar-refractivity contribution >= 4 is 45.0 Å². The van der Waals surface area contributed by atoms with E-state index >= 15 is 0 Å². The van der Waals surface area contributed by atoms with Crippen molar-refractivity contribution in [3.63, 3.8) is 0 Å². The van der Waals surface area contributed by atoms with Gasteiger partial charge < -0.3 is 10.4 Å². The summed E-state index contributed by atoms with van der Waals surface area (Å²) in [4.78, 5) is 11.9. The van der Waals surface area contributed by atoms with E-state index in [1.54, 1.807) is 13.8 Å². The molecule has 0 atom stereocenters. The summed E-state index contributed by atoms with van der Waals surface area (Å²) >= 11 is 7.31. The van der Waals surface area contributed by atoms with Crippen LogP contribution in [0.1, 0.15) is 13.8 Å². The Morgan fingerprint density at radius 1 is 1.35 bits per heavy atom. The number of carbonyl (C=O) groups excluding carboxylic acids is 1. The lowest BCUT2D eigenvalue weighted by Crippen LogP contribution is -2.30. The predicted molar refractivity (Wildman–Crippen MR) is 94.6 cm³/mol. The highest BCUT2D eigenvalue weighted by atomic mass is 35.5. The average Bonchev–Trinajstić information content (AvgIpc) is 2.50. The van der Waals surface area contributed by atoms with Crippen molar-refractivity contribution in [2.24, 2.45) is 0 Å². The SMILES string of the molecule is CCN(CC)S(=O)(=O)c1ccc(Cl)c(NC(=O)CSCCO)c1. The predicted octanol–water partition coefficient (Wildman–Crippen LogP) is 2.03. The fourth-order valence-electron chi connectivity index (χ4n) is 1.89. The fourth-order valence-corrected chi connectivity index (χ4v) is 4.07. The molecule has 6 nitrogen and oxygen atoms in total. The molecular formula is C14H21ClN2O4S2. The van der Waals surface area contributed by atoms with E-state index in [-0.39, 0.29) is 33.9 Å². The average molecular weight is 381 g/mol. The molecule has 0 spiro atoms. The van der Waals surface area contributed by atoms with Gasteiger partial charge in [0.15, 0.2) is 0 Å². The van der Waals surface area contributed by atoms with Gasteiger partial charge in [-0.05, 0) is 18.2 Å². The summed E-state index contributed by atoms with van der Waals surface area (Å²) < 4.78 is 26.3. The van der Waals surface area contributed by atoms with E-state index in [1.807, 2.05) is 0 Å². The highest BCUT2D eigenvalue weighted by Crippen LogP contribution is 2.27. The Labute approximate surface area is 146 Å². The second-order valence-electron chi connectivity index (χ2n) is 4.56. The lowest BCUT2D eigenvalue weighted by atomic mass is 10.3. The van der Waals surface area contributed by atoms with Gasteiger partial charge in [0.2, 0.25) is 15.9 Å². The number of anilines is 1. The van der Waals surface area contributed by atoms with E-state index in [9.17, 15) is 13.2 Å². The number of nitrogens with zero attached hydrogens (tertiary/aromatic N) is 1. The summed E-state index contributed by atoms with van der Waals surface area (Å²) in [5.74, 6) is 0.310. The number of hydrogen-bond acceptors (Lipinski definition) is 5. The number of aliphatic hydroxyl groups is 1. The van der Waals surface area contributed by atoms with Gasteiger partial charge >= 0.3 is 0 Å². The number of aliphatic hydroxyl groups excluding tert-OH is 1. The minimum absolute atomic E-state index is 0.00367. The molecule has 0 heterocycles. The van der Waals surface area contributed by atoms with E-state index in [0.717, 1.165) is 0 Å². The number of halogens is 1. The maximum atomic E-state index is 12.5. The van der Waals surface area contributed by atoms with Crippen molar-refractivity contribution < 1.29 is 18.3 Å². The third kappa shape index (κ3) is 5.65. The molecule has 1 amide bonds. The van der Waals surface area contributed by atoms with Gasteiger partial charge in [-0.25, -0.2) is 8.42 Å². The topological polar surface area (TPSA) is 86.7 Å². The number of rotatable bonds is 9. The molecule has 0 aliphatic carbocycles. The molecule has 0 radical (unpaired) electrons. The second kappa shape index (κ2) is 9.48. The Kier molecular flexibility index (Phi) is 8.35. The van der Waals surface area contributed by atoms with Gasteiger partial charge in [0.25, 0.3) is 0 Å². The molecule has 0 saturated heterocycles. The molecule has 0 aliphatic rings. The summed E-state index contributed by atoms with van der Waals surface area (Å²) in [6.07, 6.45) is 0. The molecule has 1 aromatic carbocycles. The van der Waals surface area contributed by atoms with Crippen LogP contribution in [0.3, 0.4) is 0 Å². The quantitative estimate of drug-likeness (QED) is 0.640. The number of thioether (sulfide) groups is 1. The molecule has 0 aliphatic heterocycles. The van der Waals surface area contributed by atoms with Crippen molar-refractivity contribution in [1.29, 1.82) is 0 Å². The normalized spacial score (nSPS) is 11.7. The maximum Gasteiger partial charge on any atom is 0.243 e. The maximum absolute atomic E-state index is 12.5. The molecular weight excluding hydrogens is 360 g/mol. The Bertz CT molecular complexity index is 634. The van der Waals surface area contributed by atoms with Gasteiger partial charge in [0.05, 0.1) is 28.0 Å². The Morgan fingerprint density at radius 2 is 2.00 bits per heavy atom. The van der Waals surface area contributed by atoms with E-state index in [2.05, 4.69) is 5.32 Å². The molecule has 1 rings (SSSR count). The standard InChI is InChI=1S/C14H21ClN2O4S2/c1-3-17(4-2)23(20,21)11-5-6-12(15)13(9-11)16-14(19)10-22-8-7-18/h5-6,9,18H,3-4,7-8,10H2,1-2H3,(H,16,19). The van der Waals surface area contributed by atoms with Gasteiger partial charge in [0.1, 0.15) is 0 Å². The van der Waals surface area contributed by atoms with E-state index in [4.69, 9.17) is 16.7 Å². The van der Waals surface area contributed by atoms with Gasteiger partial charge in [-0.15, -0.1) is 11.8 Å². The van der Waals surface area contributed by atoms with Crippen LogP contribution < -0.4 is 5.32 Å². The number of benzene rings is 1.